The summed E-state index contributed by atoms with van der Waals surface area (Å²) in [6, 6.07) is 3.01. The smallest absolute Gasteiger partial charge is 0.257 e. The Bertz CT molecular complexity index is 579. The van der Waals surface area contributed by atoms with Gasteiger partial charge in [0, 0.05) is 17.3 Å². The summed E-state index contributed by atoms with van der Waals surface area (Å²) in [5.74, 6) is 1.47. The van der Waals surface area contributed by atoms with Gasteiger partial charge in [0.15, 0.2) is 0 Å². The van der Waals surface area contributed by atoms with Crippen LogP contribution in [-0.4, -0.2) is 22.8 Å². The number of rotatable bonds is 6. The monoisotopic (exact) mass is 289 g/mol. The van der Waals surface area contributed by atoms with Gasteiger partial charge in [0.2, 0.25) is 5.89 Å². The molecule has 106 valence electrons. The molecular formula is C15H19N3OS. The predicted molar refractivity (Wildman–Crippen MR) is 79.0 cm³/mol. The lowest BCUT2D eigenvalue weighted by atomic mass is 10.2. The van der Waals surface area contributed by atoms with Crippen LogP contribution in [0.25, 0.3) is 10.8 Å². The Morgan fingerprint density at radius 1 is 1.30 bits per heavy atom. The van der Waals surface area contributed by atoms with Crippen LogP contribution >= 0.6 is 11.3 Å². The average molecular weight is 289 g/mol. The van der Waals surface area contributed by atoms with Gasteiger partial charge in [-0.15, -0.1) is 21.5 Å². The zero-order valence-electron chi connectivity index (χ0n) is 11.5. The molecule has 0 aliphatic heterocycles. The van der Waals surface area contributed by atoms with Crippen LogP contribution in [0, 0.1) is 0 Å². The molecule has 2 aromatic rings. The first-order valence-electron chi connectivity index (χ1n) is 7.56. The SMILES string of the molecule is c1c(-c2nnc(CCCNC3CC3)o2)sc2c1CCC2. The van der Waals surface area contributed by atoms with E-state index in [4.69, 9.17) is 4.42 Å². The summed E-state index contributed by atoms with van der Waals surface area (Å²) >= 11 is 1.82. The maximum Gasteiger partial charge on any atom is 0.257 e. The van der Waals surface area contributed by atoms with E-state index in [2.05, 4.69) is 21.6 Å². The van der Waals surface area contributed by atoms with Crippen LogP contribution in [0.2, 0.25) is 0 Å². The fourth-order valence-corrected chi connectivity index (χ4v) is 3.90. The van der Waals surface area contributed by atoms with Gasteiger partial charge in [0.25, 0.3) is 5.89 Å². The van der Waals surface area contributed by atoms with Crippen LogP contribution in [0.5, 0.6) is 0 Å². The topological polar surface area (TPSA) is 51.0 Å². The second kappa shape index (κ2) is 5.30. The zero-order chi connectivity index (χ0) is 13.4. The van der Waals surface area contributed by atoms with Crippen molar-refractivity contribution in [1.82, 2.24) is 15.5 Å². The highest BCUT2D eigenvalue weighted by Gasteiger charge is 2.20. The lowest BCUT2D eigenvalue weighted by Crippen LogP contribution is -2.17. The normalized spacial score (nSPS) is 17.6. The summed E-state index contributed by atoms with van der Waals surface area (Å²) in [5.41, 5.74) is 1.48. The summed E-state index contributed by atoms with van der Waals surface area (Å²) in [7, 11) is 0. The minimum absolute atomic E-state index is 0.703. The molecule has 2 aliphatic rings. The van der Waals surface area contributed by atoms with E-state index in [1.165, 1.54) is 42.5 Å². The third kappa shape index (κ3) is 2.65. The minimum Gasteiger partial charge on any atom is -0.420 e. The summed E-state index contributed by atoms with van der Waals surface area (Å²) in [4.78, 5) is 2.65. The zero-order valence-corrected chi connectivity index (χ0v) is 12.3. The molecule has 1 saturated carbocycles. The van der Waals surface area contributed by atoms with Gasteiger partial charge >= 0.3 is 0 Å². The third-order valence-corrected chi connectivity index (χ3v) is 5.23. The molecule has 0 unspecified atom stereocenters. The van der Waals surface area contributed by atoms with Crippen molar-refractivity contribution in [3.05, 3.63) is 22.4 Å². The molecule has 2 aliphatic carbocycles. The van der Waals surface area contributed by atoms with Crippen LogP contribution in [0.1, 0.15) is 42.0 Å². The molecule has 0 bridgehead atoms. The second-order valence-electron chi connectivity index (χ2n) is 5.75. The Balaban J connectivity index is 1.36. The van der Waals surface area contributed by atoms with E-state index in [9.17, 15) is 0 Å². The van der Waals surface area contributed by atoms with Crippen molar-refractivity contribution in [3.8, 4) is 10.8 Å². The molecule has 5 heteroatoms. The van der Waals surface area contributed by atoms with Crippen molar-refractivity contribution in [2.24, 2.45) is 0 Å². The van der Waals surface area contributed by atoms with Crippen LogP contribution in [-0.2, 0) is 19.3 Å². The Morgan fingerprint density at radius 2 is 2.25 bits per heavy atom. The van der Waals surface area contributed by atoms with Crippen molar-refractivity contribution in [1.29, 1.82) is 0 Å². The van der Waals surface area contributed by atoms with Crippen LogP contribution in [0.3, 0.4) is 0 Å². The Kier molecular flexibility index (Phi) is 3.32. The molecule has 0 aromatic carbocycles. The van der Waals surface area contributed by atoms with Gasteiger partial charge in [-0.1, -0.05) is 0 Å². The van der Waals surface area contributed by atoms with Gasteiger partial charge in [-0.2, -0.15) is 0 Å². The number of hydrogen-bond acceptors (Lipinski definition) is 5. The maximum absolute atomic E-state index is 5.79. The molecule has 20 heavy (non-hydrogen) atoms. The van der Waals surface area contributed by atoms with Crippen LogP contribution in [0.4, 0.5) is 0 Å². The predicted octanol–water partition coefficient (Wildman–Crippen LogP) is 2.97. The van der Waals surface area contributed by atoms with E-state index in [0.717, 1.165) is 36.2 Å². The van der Waals surface area contributed by atoms with Crippen molar-refractivity contribution in [3.63, 3.8) is 0 Å². The highest BCUT2D eigenvalue weighted by Crippen LogP contribution is 2.35. The van der Waals surface area contributed by atoms with Gasteiger partial charge in [0.1, 0.15) is 0 Å². The Hall–Kier alpha value is -1.20. The standard InChI is InChI=1S/C15H19N3OS/c1-3-10-9-13(20-12(10)4-1)15-18-17-14(19-15)5-2-8-16-11-6-7-11/h9,11,16H,1-8H2. The quantitative estimate of drug-likeness (QED) is 0.831. The first-order chi connectivity index (χ1) is 9.88. The molecule has 0 saturated heterocycles. The van der Waals surface area contributed by atoms with E-state index in [1.54, 1.807) is 0 Å². The van der Waals surface area contributed by atoms with Crippen LogP contribution in [0.15, 0.2) is 10.5 Å². The summed E-state index contributed by atoms with van der Waals surface area (Å²) in [5, 5.41) is 11.9. The number of nitrogens with zero attached hydrogens (tertiary/aromatic N) is 2. The van der Waals surface area contributed by atoms with Gasteiger partial charge in [-0.3, -0.25) is 0 Å². The Labute approximate surface area is 122 Å². The Morgan fingerprint density at radius 3 is 3.10 bits per heavy atom. The number of nitrogens with one attached hydrogen (secondary N) is 1. The number of hydrogen-bond donors (Lipinski definition) is 1. The number of fused-ring (bicyclic) bond motifs is 1. The number of aromatic nitrogens is 2. The summed E-state index contributed by atoms with van der Waals surface area (Å²) < 4.78 is 5.79. The van der Waals surface area contributed by atoms with E-state index >= 15 is 0 Å². The molecular weight excluding hydrogens is 270 g/mol. The average Bonchev–Trinajstić information content (AvgIpc) is 2.86. The van der Waals surface area contributed by atoms with Crippen LogP contribution < -0.4 is 5.32 Å². The van der Waals surface area contributed by atoms with Crippen molar-refractivity contribution >= 4 is 11.3 Å². The molecule has 4 nitrogen and oxygen atoms in total. The number of thiophene rings is 1. The minimum atomic E-state index is 0.703. The van der Waals surface area contributed by atoms with Gasteiger partial charge in [0.05, 0.1) is 4.88 Å². The molecule has 2 heterocycles. The largest absolute Gasteiger partial charge is 0.420 e. The lowest BCUT2D eigenvalue weighted by Gasteiger charge is -1.99. The molecule has 0 atom stereocenters. The van der Waals surface area contributed by atoms with Gasteiger partial charge in [-0.25, -0.2) is 0 Å². The van der Waals surface area contributed by atoms with Crippen molar-refractivity contribution in [2.45, 2.75) is 51.0 Å². The first kappa shape index (κ1) is 12.5. The highest BCUT2D eigenvalue weighted by atomic mass is 32.1. The molecule has 0 radical (unpaired) electrons. The molecule has 2 aromatic heterocycles. The van der Waals surface area contributed by atoms with Crippen molar-refractivity contribution < 1.29 is 4.42 Å². The molecule has 4 rings (SSSR count). The van der Waals surface area contributed by atoms with Gasteiger partial charge < -0.3 is 9.73 Å². The fraction of sp³-hybridized carbons (Fsp3) is 0.600. The van der Waals surface area contributed by atoms with Crippen molar-refractivity contribution in [2.75, 3.05) is 6.54 Å². The first-order valence-corrected chi connectivity index (χ1v) is 8.38. The maximum atomic E-state index is 5.79. The van der Waals surface area contributed by atoms with E-state index in [1.807, 2.05) is 11.3 Å². The van der Waals surface area contributed by atoms with Gasteiger partial charge in [-0.05, 0) is 56.7 Å². The molecule has 1 N–H and O–H groups in total. The van der Waals surface area contributed by atoms with E-state index < -0.39 is 0 Å². The number of aryl methyl sites for hydroxylation is 3. The fourth-order valence-electron chi connectivity index (χ4n) is 2.72. The summed E-state index contributed by atoms with van der Waals surface area (Å²) in [6.45, 7) is 1.05. The van der Waals surface area contributed by atoms with E-state index in [-0.39, 0.29) is 0 Å². The van der Waals surface area contributed by atoms with E-state index in [0.29, 0.717) is 5.89 Å². The lowest BCUT2D eigenvalue weighted by molar-refractivity contribution is 0.491. The molecule has 0 spiro atoms. The molecule has 1 fully saturated rings. The highest BCUT2D eigenvalue weighted by molar-refractivity contribution is 7.15. The third-order valence-electron chi connectivity index (χ3n) is 4.00. The second-order valence-corrected chi connectivity index (χ2v) is 6.88. The molecule has 0 amide bonds. The summed E-state index contributed by atoms with van der Waals surface area (Å²) in [6.07, 6.45) is 8.34.